The summed E-state index contributed by atoms with van der Waals surface area (Å²) in [5, 5.41) is 19.7. The second-order valence-electron chi connectivity index (χ2n) is 7.68. The molecule has 2 aliphatic heterocycles. The largest absolute Gasteiger partial charge is 0.344 e. The maximum absolute atomic E-state index is 13.9. The van der Waals surface area contributed by atoms with E-state index in [4.69, 9.17) is 23.2 Å². The van der Waals surface area contributed by atoms with Gasteiger partial charge in [0.05, 0.1) is 32.4 Å². The molecule has 1 aromatic heterocycles. The highest BCUT2D eigenvalue weighted by Gasteiger charge is 2.37. The van der Waals surface area contributed by atoms with Gasteiger partial charge in [-0.1, -0.05) is 35.3 Å². The number of halogens is 2. The number of allylic oxidation sites excluding steroid dienone is 1. The minimum atomic E-state index is -0.536. The summed E-state index contributed by atoms with van der Waals surface area (Å²) in [5.74, 6) is 0.499. The lowest BCUT2D eigenvalue weighted by atomic mass is 9.94. The van der Waals surface area contributed by atoms with Gasteiger partial charge in [0.1, 0.15) is 11.9 Å². The topological polar surface area (TPSA) is 93.3 Å². The quantitative estimate of drug-likeness (QED) is 0.431. The number of carbonyl (C=O) groups is 1. The fourth-order valence-corrected chi connectivity index (χ4v) is 4.62. The summed E-state index contributed by atoms with van der Waals surface area (Å²) in [7, 11) is 0. The second kappa shape index (κ2) is 7.65. The zero-order chi connectivity index (χ0) is 22.6. The van der Waals surface area contributed by atoms with E-state index in [1.807, 2.05) is 19.1 Å². The number of fused-ring (bicyclic) bond motifs is 2. The van der Waals surface area contributed by atoms with E-state index >= 15 is 0 Å². The van der Waals surface area contributed by atoms with Gasteiger partial charge in [0, 0.05) is 30.4 Å². The number of nitrogens with zero attached hydrogens (tertiary/aromatic N) is 4. The number of nitro benzene ring substituents is 1. The van der Waals surface area contributed by atoms with Crippen molar-refractivity contribution in [1.29, 1.82) is 0 Å². The lowest BCUT2D eigenvalue weighted by Crippen LogP contribution is -2.37. The molecule has 10 heteroatoms. The SMILES string of the molecule is CC1=C(C(=O)N2CCc3ccc([N+](=O)[O-])cc32)C(c2ccc(Cl)c(Cl)c2)n2nccc2N1. The molecular weight excluding hydrogens is 453 g/mol. The van der Waals surface area contributed by atoms with Crippen molar-refractivity contribution in [3.8, 4) is 0 Å². The number of anilines is 2. The third-order valence-corrected chi connectivity index (χ3v) is 6.56. The number of aromatic nitrogens is 2. The molecule has 3 aromatic rings. The van der Waals surface area contributed by atoms with Crippen LogP contribution in [-0.4, -0.2) is 27.2 Å². The van der Waals surface area contributed by atoms with E-state index in [9.17, 15) is 14.9 Å². The standard InChI is InChI=1S/C22H17Cl2N5O3/c1-12-20(22(30)27-9-7-13-2-4-15(29(31)32)11-18(13)27)21(28-19(26-12)6-8-25-28)14-3-5-16(23)17(24)10-14/h2-6,8,10-11,21,26H,7,9H2,1H3. The van der Waals surface area contributed by atoms with Crippen LogP contribution in [0.25, 0.3) is 0 Å². The fraction of sp³-hybridized carbons (Fsp3) is 0.182. The van der Waals surface area contributed by atoms with Crippen LogP contribution < -0.4 is 10.2 Å². The van der Waals surface area contributed by atoms with Crippen molar-refractivity contribution in [3.63, 3.8) is 0 Å². The molecule has 0 saturated carbocycles. The molecule has 0 radical (unpaired) electrons. The molecular formula is C22H17Cl2N5O3. The summed E-state index contributed by atoms with van der Waals surface area (Å²) in [6.45, 7) is 2.27. The van der Waals surface area contributed by atoms with Crippen LogP contribution in [0.4, 0.5) is 17.2 Å². The van der Waals surface area contributed by atoms with Crippen LogP contribution in [-0.2, 0) is 11.2 Å². The second-order valence-corrected chi connectivity index (χ2v) is 8.49. The molecule has 5 rings (SSSR count). The Kier molecular flexibility index (Phi) is 4.91. The Morgan fingerprint density at radius 3 is 2.75 bits per heavy atom. The Morgan fingerprint density at radius 1 is 1.19 bits per heavy atom. The molecule has 3 heterocycles. The lowest BCUT2D eigenvalue weighted by molar-refractivity contribution is -0.384. The molecule has 2 aliphatic rings. The number of nitro groups is 1. The summed E-state index contributed by atoms with van der Waals surface area (Å²) >= 11 is 12.4. The van der Waals surface area contributed by atoms with E-state index < -0.39 is 11.0 Å². The number of hydrogen-bond donors (Lipinski definition) is 1. The third kappa shape index (κ3) is 3.23. The molecule has 1 unspecified atom stereocenters. The summed E-state index contributed by atoms with van der Waals surface area (Å²) in [5.41, 5.74) is 3.33. The van der Waals surface area contributed by atoms with Crippen molar-refractivity contribution < 1.29 is 9.72 Å². The first-order valence-corrected chi connectivity index (χ1v) is 10.7. The summed E-state index contributed by atoms with van der Waals surface area (Å²) < 4.78 is 1.73. The first-order valence-electron chi connectivity index (χ1n) is 9.90. The number of hydrogen-bond acceptors (Lipinski definition) is 5. The summed E-state index contributed by atoms with van der Waals surface area (Å²) in [4.78, 5) is 26.3. The number of non-ortho nitro benzene ring substituents is 1. The van der Waals surface area contributed by atoms with Crippen LogP contribution in [0.15, 0.2) is 59.9 Å². The Labute approximate surface area is 193 Å². The van der Waals surface area contributed by atoms with E-state index in [-0.39, 0.29) is 11.6 Å². The normalized spacial score (nSPS) is 17.1. The molecule has 0 saturated heterocycles. The van der Waals surface area contributed by atoms with E-state index in [2.05, 4.69) is 10.4 Å². The van der Waals surface area contributed by atoms with E-state index in [0.29, 0.717) is 40.0 Å². The van der Waals surface area contributed by atoms with Crippen LogP contribution in [0.1, 0.15) is 24.1 Å². The predicted octanol–water partition coefficient (Wildman–Crippen LogP) is 4.98. The van der Waals surface area contributed by atoms with Crippen molar-refractivity contribution in [3.05, 3.63) is 91.2 Å². The van der Waals surface area contributed by atoms with Crippen molar-refractivity contribution in [2.45, 2.75) is 19.4 Å². The van der Waals surface area contributed by atoms with Gasteiger partial charge in [-0.05, 0) is 36.6 Å². The zero-order valence-electron chi connectivity index (χ0n) is 16.9. The lowest BCUT2D eigenvalue weighted by Gasteiger charge is -2.32. The molecule has 8 nitrogen and oxygen atoms in total. The first kappa shape index (κ1) is 20.5. The minimum Gasteiger partial charge on any atom is -0.344 e. The maximum Gasteiger partial charge on any atom is 0.271 e. The van der Waals surface area contributed by atoms with Crippen molar-refractivity contribution in [2.75, 3.05) is 16.8 Å². The molecule has 2 aromatic carbocycles. The molecule has 0 bridgehead atoms. The van der Waals surface area contributed by atoms with Gasteiger partial charge in [0.25, 0.3) is 11.6 Å². The molecule has 0 aliphatic carbocycles. The van der Waals surface area contributed by atoms with E-state index in [1.165, 1.54) is 12.1 Å². The average molecular weight is 470 g/mol. The van der Waals surface area contributed by atoms with Gasteiger partial charge < -0.3 is 10.2 Å². The molecule has 1 amide bonds. The highest BCUT2D eigenvalue weighted by molar-refractivity contribution is 6.42. The van der Waals surface area contributed by atoms with Crippen LogP contribution in [0, 0.1) is 10.1 Å². The van der Waals surface area contributed by atoms with Gasteiger partial charge in [-0.3, -0.25) is 14.9 Å². The van der Waals surface area contributed by atoms with Gasteiger partial charge in [-0.2, -0.15) is 5.10 Å². The van der Waals surface area contributed by atoms with Crippen LogP contribution in [0.5, 0.6) is 0 Å². The highest BCUT2D eigenvalue weighted by atomic mass is 35.5. The third-order valence-electron chi connectivity index (χ3n) is 5.82. The molecule has 1 N–H and O–H groups in total. The Balaban J connectivity index is 1.62. The first-order chi connectivity index (χ1) is 15.3. The van der Waals surface area contributed by atoms with E-state index in [1.54, 1.807) is 34.0 Å². The van der Waals surface area contributed by atoms with Gasteiger partial charge in [-0.25, -0.2) is 4.68 Å². The van der Waals surface area contributed by atoms with E-state index in [0.717, 1.165) is 16.9 Å². The van der Waals surface area contributed by atoms with Crippen LogP contribution in [0.2, 0.25) is 10.0 Å². The smallest absolute Gasteiger partial charge is 0.271 e. The number of benzene rings is 2. The summed E-state index contributed by atoms with van der Waals surface area (Å²) in [6.07, 6.45) is 2.28. The predicted molar refractivity (Wildman–Crippen MR) is 122 cm³/mol. The molecule has 0 spiro atoms. The average Bonchev–Trinajstić information content (AvgIpc) is 3.40. The molecule has 162 valence electrons. The van der Waals surface area contributed by atoms with Crippen LogP contribution >= 0.6 is 23.2 Å². The van der Waals surface area contributed by atoms with Gasteiger partial charge >= 0.3 is 0 Å². The summed E-state index contributed by atoms with van der Waals surface area (Å²) in [6, 6.07) is 11.2. The minimum absolute atomic E-state index is 0.0497. The number of nitrogens with one attached hydrogen (secondary N) is 1. The zero-order valence-corrected chi connectivity index (χ0v) is 18.4. The fourth-order valence-electron chi connectivity index (χ4n) is 4.31. The Morgan fingerprint density at radius 2 is 2.00 bits per heavy atom. The monoisotopic (exact) mass is 469 g/mol. The maximum atomic E-state index is 13.9. The Bertz CT molecular complexity index is 1320. The van der Waals surface area contributed by atoms with Crippen molar-refractivity contribution in [1.82, 2.24) is 9.78 Å². The molecule has 32 heavy (non-hydrogen) atoms. The molecule has 0 fully saturated rings. The van der Waals surface area contributed by atoms with Crippen molar-refractivity contribution >= 4 is 46.3 Å². The highest BCUT2D eigenvalue weighted by Crippen LogP contribution is 2.40. The Hall–Kier alpha value is -3.36. The number of rotatable bonds is 3. The molecule has 1 atom stereocenters. The van der Waals surface area contributed by atoms with Gasteiger partial charge in [0.15, 0.2) is 0 Å². The number of carbonyl (C=O) groups excluding carboxylic acids is 1. The van der Waals surface area contributed by atoms with Gasteiger partial charge in [-0.15, -0.1) is 0 Å². The van der Waals surface area contributed by atoms with Crippen molar-refractivity contribution in [2.24, 2.45) is 0 Å². The van der Waals surface area contributed by atoms with Gasteiger partial charge in [0.2, 0.25) is 0 Å². The number of amides is 1. The van der Waals surface area contributed by atoms with Crippen LogP contribution in [0.3, 0.4) is 0 Å².